The van der Waals surface area contributed by atoms with Crippen molar-refractivity contribution in [1.82, 2.24) is 14.3 Å². The summed E-state index contributed by atoms with van der Waals surface area (Å²) in [6, 6.07) is 5.28. The minimum atomic E-state index is -3.16. The van der Waals surface area contributed by atoms with Gasteiger partial charge in [0.05, 0.1) is 24.4 Å². The Balaban J connectivity index is 2.20. The quantitative estimate of drug-likeness (QED) is 0.671. The van der Waals surface area contributed by atoms with E-state index in [1.165, 1.54) is 19.5 Å². The Morgan fingerprint density at radius 1 is 1.28 bits per heavy atom. The normalized spacial score (nSPS) is 12.8. The van der Waals surface area contributed by atoms with Gasteiger partial charge in [0, 0.05) is 35.5 Å². The van der Waals surface area contributed by atoms with E-state index in [1.54, 1.807) is 32.2 Å². The number of carbonyl (C=O) groups is 1. The SMILES string of the molecule is COC(=O)c1c(C)n(C)c2c(-c3cnn(C(F)C(F)F)c3)cccc12. The number of carbonyl (C=O) groups excluding carboxylic acids is 1. The number of fused-ring (bicyclic) bond motifs is 1. The van der Waals surface area contributed by atoms with Crippen molar-refractivity contribution < 1.29 is 22.7 Å². The lowest BCUT2D eigenvalue weighted by Crippen LogP contribution is -2.12. The molecule has 0 bridgehead atoms. The Morgan fingerprint density at radius 3 is 2.64 bits per heavy atom. The smallest absolute Gasteiger partial charge is 0.340 e. The van der Waals surface area contributed by atoms with Crippen molar-refractivity contribution >= 4 is 16.9 Å². The van der Waals surface area contributed by atoms with E-state index in [4.69, 9.17) is 4.74 Å². The molecule has 0 radical (unpaired) electrons. The fourth-order valence-electron chi connectivity index (χ4n) is 2.96. The van der Waals surface area contributed by atoms with Crippen LogP contribution in [0.3, 0.4) is 0 Å². The highest BCUT2D eigenvalue weighted by Crippen LogP contribution is 2.34. The number of halogens is 3. The number of rotatable bonds is 4. The molecule has 0 N–H and O–H groups in total. The average Bonchev–Trinajstić information content (AvgIpc) is 3.18. The van der Waals surface area contributed by atoms with Crippen LogP contribution in [0.15, 0.2) is 30.6 Å². The molecule has 0 spiro atoms. The van der Waals surface area contributed by atoms with Crippen molar-refractivity contribution in [2.24, 2.45) is 7.05 Å². The summed E-state index contributed by atoms with van der Waals surface area (Å²) in [5, 5.41) is 4.36. The van der Waals surface area contributed by atoms with Crippen molar-refractivity contribution in [2.75, 3.05) is 7.11 Å². The van der Waals surface area contributed by atoms with Gasteiger partial charge in [-0.05, 0) is 6.92 Å². The first-order chi connectivity index (χ1) is 11.9. The van der Waals surface area contributed by atoms with Crippen LogP contribution in [-0.4, -0.2) is 33.9 Å². The third-order valence-corrected chi connectivity index (χ3v) is 4.27. The average molecular weight is 351 g/mol. The van der Waals surface area contributed by atoms with Gasteiger partial charge in [-0.1, -0.05) is 18.2 Å². The molecule has 2 heterocycles. The van der Waals surface area contributed by atoms with Gasteiger partial charge in [0.15, 0.2) is 0 Å². The molecule has 0 aliphatic rings. The summed E-state index contributed by atoms with van der Waals surface area (Å²) in [7, 11) is 3.09. The van der Waals surface area contributed by atoms with Crippen LogP contribution in [0.4, 0.5) is 13.2 Å². The van der Waals surface area contributed by atoms with Gasteiger partial charge in [-0.2, -0.15) is 5.10 Å². The molecule has 2 aromatic heterocycles. The molecule has 0 saturated heterocycles. The summed E-state index contributed by atoms with van der Waals surface area (Å²) in [6.45, 7) is 1.79. The Morgan fingerprint density at radius 2 is 2.00 bits per heavy atom. The van der Waals surface area contributed by atoms with Crippen LogP contribution in [0.5, 0.6) is 0 Å². The van der Waals surface area contributed by atoms with Gasteiger partial charge in [0.2, 0.25) is 0 Å². The summed E-state index contributed by atoms with van der Waals surface area (Å²) in [5.74, 6) is -0.461. The highest BCUT2D eigenvalue weighted by molar-refractivity contribution is 6.09. The first kappa shape index (κ1) is 17.1. The molecule has 25 heavy (non-hydrogen) atoms. The van der Waals surface area contributed by atoms with Crippen molar-refractivity contribution in [3.05, 3.63) is 41.9 Å². The van der Waals surface area contributed by atoms with Gasteiger partial charge >= 0.3 is 5.97 Å². The van der Waals surface area contributed by atoms with Crippen LogP contribution in [0, 0.1) is 6.92 Å². The van der Waals surface area contributed by atoms with Crippen molar-refractivity contribution in [1.29, 1.82) is 0 Å². The van der Waals surface area contributed by atoms with Crippen molar-refractivity contribution in [2.45, 2.75) is 19.6 Å². The molecular formula is C17H16F3N3O2. The molecule has 8 heteroatoms. The highest BCUT2D eigenvalue weighted by atomic mass is 19.3. The monoisotopic (exact) mass is 351 g/mol. The Kier molecular flexibility index (Phi) is 4.28. The second kappa shape index (κ2) is 6.27. The van der Waals surface area contributed by atoms with Gasteiger partial charge < -0.3 is 9.30 Å². The summed E-state index contributed by atoms with van der Waals surface area (Å²) >= 11 is 0. The zero-order valence-corrected chi connectivity index (χ0v) is 13.8. The summed E-state index contributed by atoms with van der Waals surface area (Å²) in [6.07, 6.45) is -3.11. The van der Waals surface area contributed by atoms with E-state index in [0.29, 0.717) is 38.0 Å². The Bertz CT molecular complexity index is 946. The van der Waals surface area contributed by atoms with Crippen LogP contribution in [0.25, 0.3) is 22.0 Å². The predicted octanol–water partition coefficient (Wildman–Crippen LogP) is 3.87. The molecule has 0 aliphatic heterocycles. The number of hydrogen-bond donors (Lipinski definition) is 0. The molecule has 1 unspecified atom stereocenters. The van der Waals surface area contributed by atoms with E-state index < -0.39 is 18.7 Å². The number of aromatic nitrogens is 3. The van der Waals surface area contributed by atoms with Crippen LogP contribution in [-0.2, 0) is 11.8 Å². The van der Waals surface area contributed by atoms with Gasteiger partial charge in [-0.3, -0.25) is 0 Å². The predicted molar refractivity (Wildman–Crippen MR) is 86.4 cm³/mol. The minimum absolute atomic E-state index is 0.435. The maximum Gasteiger partial charge on any atom is 0.340 e. The van der Waals surface area contributed by atoms with Gasteiger partial charge in [-0.15, -0.1) is 0 Å². The molecular weight excluding hydrogens is 335 g/mol. The molecule has 0 amide bonds. The molecule has 1 atom stereocenters. The molecule has 3 aromatic rings. The van der Waals surface area contributed by atoms with Crippen LogP contribution in [0.2, 0.25) is 0 Å². The van der Waals surface area contributed by atoms with E-state index in [-0.39, 0.29) is 0 Å². The number of alkyl halides is 3. The topological polar surface area (TPSA) is 49.1 Å². The van der Waals surface area contributed by atoms with Crippen LogP contribution < -0.4 is 0 Å². The largest absolute Gasteiger partial charge is 0.465 e. The van der Waals surface area contributed by atoms with Crippen molar-refractivity contribution in [3.63, 3.8) is 0 Å². The first-order valence-electron chi connectivity index (χ1n) is 7.49. The number of ether oxygens (including phenoxy) is 1. The number of esters is 1. The summed E-state index contributed by atoms with van der Waals surface area (Å²) < 4.78 is 45.8. The van der Waals surface area contributed by atoms with Gasteiger partial charge in [0.1, 0.15) is 0 Å². The Labute approximate surface area is 141 Å². The second-order valence-electron chi connectivity index (χ2n) is 5.63. The number of benzene rings is 1. The first-order valence-corrected chi connectivity index (χ1v) is 7.49. The van der Waals surface area contributed by atoms with E-state index in [9.17, 15) is 18.0 Å². The number of nitrogens with zero attached hydrogens (tertiary/aromatic N) is 3. The molecule has 3 rings (SSSR count). The maximum absolute atomic E-state index is 13.5. The van der Waals surface area contributed by atoms with Gasteiger partial charge in [0.25, 0.3) is 12.7 Å². The molecule has 1 aromatic carbocycles. The summed E-state index contributed by atoms with van der Waals surface area (Å²) in [5.41, 5.74) is 2.99. The molecule has 132 valence electrons. The van der Waals surface area contributed by atoms with Gasteiger partial charge in [-0.25, -0.2) is 22.6 Å². The van der Waals surface area contributed by atoms with E-state index in [2.05, 4.69) is 5.10 Å². The summed E-state index contributed by atoms with van der Waals surface area (Å²) in [4.78, 5) is 12.1. The zero-order valence-electron chi connectivity index (χ0n) is 13.8. The Hall–Kier alpha value is -2.77. The zero-order chi connectivity index (χ0) is 18.3. The standard InChI is InChI=1S/C17H16F3N3O2/c1-9-13(17(24)25-3)12-6-4-5-11(14(12)22(9)2)10-7-21-23(8-10)16(20)15(18)19/h4-8,15-16H,1-3H3. The van der Waals surface area contributed by atoms with E-state index >= 15 is 0 Å². The van der Waals surface area contributed by atoms with Crippen LogP contribution in [0.1, 0.15) is 22.3 Å². The lowest BCUT2D eigenvalue weighted by atomic mass is 10.0. The van der Waals surface area contributed by atoms with E-state index in [1.807, 2.05) is 4.57 Å². The third kappa shape index (κ3) is 2.67. The fraction of sp³-hybridized carbons (Fsp3) is 0.294. The number of hydrogen-bond acceptors (Lipinski definition) is 3. The molecule has 5 nitrogen and oxygen atoms in total. The van der Waals surface area contributed by atoms with Crippen molar-refractivity contribution in [3.8, 4) is 11.1 Å². The maximum atomic E-state index is 13.5. The van der Waals surface area contributed by atoms with Crippen LogP contribution >= 0.6 is 0 Å². The van der Waals surface area contributed by atoms with E-state index in [0.717, 1.165) is 0 Å². The molecule has 0 fully saturated rings. The second-order valence-corrected chi connectivity index (χ2v) is 5.63. The fourth-order valence-corrected chi connectivity index (χ4v) is 2.96. The third-order valence-electron chi connectivity index (χ3n) is 4.27. The minimum Gasteiger partial charge on any atom is -0.465 e. The lowest BCUT2D eigenvalue weighted by Gasteiger charge is -2.07. The number of para-hydroxylation sites is 1. The molecule has 0 aliphatic carbocycles. The number of methoxy groups -OCH3 is 1. The number of aryl methyl sites for hydroxylation is 1. The molecule has 0 saturated carbocycles. The highest BCUT2D eigenvalue weighted by Gasteiger charge is 2.24. The lowest BCUT2D eigenvalue weighted by molar-refractivity contribution is 0.000790.